The summed E-state index contributed by atoms with van der Waals surface area (Å²) < 4.78 is 16.8. The van der Waals surface area contributed by atoms with Crippen LogP contribution in [0.1, 0.15) is 18.4 Å². The quantitative estimate of drug-likeness (QED) is 0.196. The molecule has 7 nitrogen and oxygen atoms in total. The molecule has 1 saturated heterocycles. The summed E-state index contributed by atoms with van der Waals surface area (Å²) in [5.74, 6) is 3.40. The topological polar surface area (TPSA) is 68.7 Å². The van der Waals surface area contributed by atoms with Gasteiger partial charge in [-0.15, -0.1) is 10.2 Å². The summed E-state index contributed by atoms with van der Waals surface area (Å²) in [6.07, 6.45) is 2.10. The normalized spacial score (nSPS) is 14.4. The van der Waals surface area contributed by atoms with Gasteiger partial charge in [0, 0.05) is 16.3 Å². The molecular weight excluding hydrogens is 563 g/mol. The minimum atomic E-state index is -0.625. The second-order valence-corrected chi connectivity index (χ2v) is 16.0. The van der Waals surface area contributed by atoms with Gasteiger partial charge < -0.3 is 14.8 Å². The number of benzene rings is 3. The van der Waals surface area contributed by atoms with Crippen LogP contribution >= 0.6 is 0 Å². The van der Waals surface area contributed by atoms with E-state index in [0.717, 1.165) is 84.2 Å². The fraction of sp³-hybridized carbons (Fsp3) is 0.375. The van der Waals surface area contributed by atoms with Gasteiger partial charge in [0.05, 0.1) is 14.2 Å². The molecule has 40 heavy (non-hydrogen) atoms. The van der Waals surface area contributed by atoms with Crippen LogP contribution in [0.25, 0.3) is 22.0 Å². The number of hydrogen-bond donors (Lipinski definition) is 1. The number of likely N-dealkylation sites (tertiary alicyclic amines) is 1. The fourth-order valence-corrected chi connectivity index (χ4v) is 6.01. The van der Waals surface area contributed by atoms with Crippen molar-refractivity contribution in [1.82, 2.24) is 15.1 Å². The van der Waals surface area contributed by atoms with Crippen molar-refractivity contribution in [2.24, 2.45) is 0 Å². The first-order chi connectivity index (χ1) is 19.5. The number of nitrogens with zero attached hydrogens (tertiary/aromatic N) is 3. The third-order valence-electron chi connectivity index (χ3n) is 7.42. The van der Waals surface area contributed by atoms with Crippen molar-refractivity contribution < 1.29 is 14.2 Å². The summed E-state index contributed by atoms with van der Waals surface area (Å²) in [6, 6.07) is 23.0. The molecule has 1 fully saturated rings. The summed E-state index contributed by atoms with van der Waals surface area (Å²) >= 11 is -0.625. The summed E-state index contributed by atoms with van der Waals surface area (Å²) in [5, 5.41) is 16.3. The Bertz CT molecular complexity index is 1390. The number of piperidine rings is 1. The number of nitrogens with one attached hydrogen (secondary N) is 1. The maximum absolute atomic E-state index is 5.91. The van der Waals surface area contributed by atoms with Crippen molar-refractivity contribution in [3.63, 3.8) is 0 Å². The molecule has 4 aromatic rings. The van der Waals surface area contributed by atoms with Gasteiger partial charge in [-0.2, -0.15) is 0 Å². The van der Waals surface area contributed by atoms with Crippen LogP contribution in [0.15, 0.2) is 66.7 Å². The molecule has 1 aliphatic heterocycles. The zero-order valence-electron chi connectivity index (χ0n) is 23.9. The standard InChI is InChI=1S/C32H39AsN4O3/c1-33(2)17-20-40-27-9-5-23(6-10-27)22-37-18-15-25(16-19-37)34-32-30-21-28(39-4)13-14-29(30)31(35-36-32)24-7-11-26(38-3)12-8-24/h5-14,21,25H,15-20,22H2,1-4H3,(H,34,36). The van der Waals surface area contributed by atoms with Crippen LogP contribution in [-0.2, 0) is 6.54 Å². The van der Waals surface area contributed by atoms with Crippen molar-refractivity contribution in [3.8, 4) is 28.5 Å². The molecule has 0 atom stereocenters. The van der Waals surface area contributed by atoms with E-state index in [4.69, 9.17) is 14.2 Å². The molecule has 8 heteroatoms. The smallest absolute Gasteiger partial charge is 0.119 e. The predicted molar refractivity (Wildman–Crippen MR) is 164 cm³/mol. The molecule has 0 amide bonds. The Labute approximate surface area is 242 Å². The summed E-state index contributed by atoms with van der Waals surface area (Å²) in [5.41, 5.74) is 7.91. The number of ether oxygens (including phenoxy) is 3. The Kier molecular flexibility index (Phi) is 9.45. The Hall–Kier alpha value is -3.28. The number of anilines is 1. The first-order valence-corrected chi connectivity index (χ1v) is 18.9. The zero-order valence-corrected chi connectivity index (χ0v) is 25.8. The molecule has 2 heterocycles. The van der Waals surface area contributed by atoms with Crippen molar-refractivity contribution >= 4 is 31.2 Å². The minimum absolute atomic E-state index is 0.340. The number of hydrogen-bond acceptors (Lipinski definition) is 7. The SMILES string of the molecule is COc1ccc(-c2nnc(NC3CCN(Cc4ccc(OCC[As](C)C)cc4)CC3)c3cc(OC)ccc23)cc1. The second-order valence-electron chi connectivity index (χ2n) is 10.5. The molecule has 0 radical (unpaired) electrons. The molecule has 3 aromatic carbocycles. The Morgan fingerprint density at radius 2 is 1.50 bits per heavy atom. The van der Waals surface area contributed by atoms with E-state index in [1.165, 1.54) is 10.8 Å². The van der Waals surface area contributed by atoms with Gasteiger partial charge >= 0.3 is 122 Å². The van der Waals surface area contributed by atoms with Crippen LogP contribution in [0.5, 0.6) is 17.2 Å². The van der Waals surface area contributed by atoms with E-state index in [1.807, 2.05) is 36.4 Å². The van der Waals surface area contributed by atoms with E-state index in [9.17, 15) is 0 Å². The summed E-state index contributed by atoms with van der Waals surface area (Å²) in [4.78, 5) is 2.53. The molecule has 1 aliphatic rings. The Morgan fingerprint density at radius 3 is 2.17 bits per heavy atom. The van der Waals surface area contributed by atoms with E-state index < -0.39 is 14.7 Å². The van der Waals surface area contributed by atoms with Gasteiger partial charge in [-0.05, 0) is 42.5 Å². The van der Waals surface area contributed by atoms with E-state index in [0.29, 0.717) is 6.04 Å². The third kappa shape index (κ3) is 7.07. The van der Waals surface area contributed by atoms with Crippen LogP contribution in [-0.4, -0.2) is 69.7 Å². The molecule has 1 aromatic heterocycles. The molecule has 0 unspecified atom stereocenters. The van der Waals surface area contributed by atoms with Gasteiger partial charge in [-0.3, -0.25) is 0 Å². The first-order valence-electron chi connectivity index (χ1n) is 13.9. The van der Waals surface area contributed by atoms with Crippen LogP contribution in [0, 0.1) is 0 Å². The van der Waals surface area contributed by atoms with Gasteiger partial charge in [0.2, 0.25) is 0 Å². The second kappa shape index (κ2) is 13.4. The molecule has 0 aliphatic carbocycles. The number of methoxy groups -OCH3 is 2. The van der Waals surface area contributed by atoms with Crippen LogP contribution in [0.2, 0.25) is 16.6 Å². The maximum atomic E-state index is 5.91. The molecule has 210 valence electrons. The largest absolute Gasteiger partial charge is 0.497 e. The number of fused-ring (bicyclic) bond motifs is 1. The molecule has 1 N–H and O–H groups in total. The zero-order chi connectivity index (χ0) is 27.9. The number of rotatable bonds is 11. The van der Waals surface area contributed by atoms with E-state index in [1.54, 1.807) is 14.2 Å². The summed E-state index contributed by atoms with van der Waals surface area (Å²) in [6.45, 7) is 3.87. The van der Waals surface area contributed by atoms with Gasteiger partial charge in [-0.1, -0.05) is 0 Å². The molecule has 0 saturated carbocycles. The van der Waals surface area contributed by atoms with Crippen LogP contribution in [0.3, 0.4) is 0 Å². The van der Waals surface area contributed by atoms with Gasteiger partial charge in [-0.25, -0.2) is 0 Å². The molecule has 0 bridgehead atoms. The third-order valence-corrected chi connectivity index (χ3v) is 9.68. The van der Waals surface area contributed by atoms with E-state index >= 15 is 0 Å². The van der Waals surface area contributed by atoms with Gasteiger partial charge in [0.1, 0.15) is 17.2 Å². The van der Waals surface area contributed by atoms with Crippen molar-refractivity contribution in [2.45, 2.75) is 42.1 Å². The van der Waals surface area contributed by atoms with Crippen LogP contribution < -0.4 is 19.5 Å². The van der Waals surface area contributed by atoms with Crippen molar-refractivity contribution in [3.05, 3.63) is 72.3 Å². The van der Waals surface area contributed by atoms with E-state index in [2.05, 4.69) is 62.2 Å². The monoisotopic (exact) mass is 602 g/mol. The van der Waals surface area contributed by atoms with Crippen molar-refractivity contribution in [2.75, 3.05) is 39.2 Å². The Balaban J connectivity index is 1.22. The molecule has 5 rings (SSSR count). The fourth-order valence-electron chi connectivity index (χ4n) is 5.05. The average Bonchev–Trinajstić information content (AvgIpc) is 2.99. The van der Waals surface area contributed by atoms with Crippen molar-refractivity contribution in [1.29, 1.82) is 0 Å². The predicted octanol–water partition coefficient (Wildman–Crippen LogP) is 6.52. The van der Waals surface area contributed by atoms with Gasteiger partial charge in [0.15, 0.2) is 5.82 Å². The average molecular weight is 603 g/mol. The summed E-state index contributed by atoms with van der Waals surface area (Å²) in [7, 11) is 3.36. The van der Waals surface area contributed by atoms with Gasteiger partial charge in [0.25, 0.3) is 0 Å². The molecular formula is C32H39AsN4O3. The number of aromatic nitrogens is 2. The maximum Gasteiger partial charge on any atom is 0.119 e. The Morgan fingerprint density at radius 1 is 0.825 bits per heavy atom. The van der Waals surface area contributed by atoms with E-state index in [-0.39, 0.29) is 0 Å². The first kappa shape index (κ1) is 28.3. The van der Waals surface area contributed by atoms with Crippen LogP contribution in [0.4, 0.5) is 5.82 Å². The minimum Gasteiger partial charge on any atom is -0.497 e. The molecule has 0 spiro atoms.